The number of carbonyl (C=O) groups excluding carboxylic acids is 1. The topological polar surface area (TPSA) is 49.6 Å². The molecule has 6 heteroatoms. The fourth-order valence-corrected chi connectivity index (χ4v) is 5.40. The van der Waals surface area contributed by atoms with Gasteiger partial charge in [-0.15, -0.1) is 11.3 Å². The van der Waals surface area contributed by atoms with Crippen LogP contribution in [0, 0.1) is 19.8 Å². The summed E-state index contributed by atoms with van der Waals surface area (Å²) >= 11 is 1.75. The molecule has 0 radical (unpaired) electrons. The third kappa shape index (κ3) is 3.83. The van der Waals surface area contributed by atoms with E-state index in [0.717, 1.165) is 74.9 Å². The molecule has 1 saturated heterocycles. The van der Waals surface area contributed by atoms with Gasteiger partial charge >= 0.3 is 0 Å². The van der Waals surface area contributed by atoms with Gasteiger partial charge in [-0.25, -0.2) is 0 Å². The number of amides is 1. The Bertz CT molecular complexity index is 806. The van der Waals surface area contributed by atoms with Crippen LogP contribution in [-0.4, -0.2) is 40.5 Å². The maximum absolute atomic E-state index is 13.1. The van der Waals surface area contributed by atoms with Gasteiger partial charge in [-0.3, -0.25) is 9.69 Å². The molecule has 27 heavy (non-hydrogen) atoms. The van der Waals surface area contributed by atoms with Gasteiger partial charge in [-0.2, -0.15) is 0 Å². The van der Waals surface area contributed by atoms with Gasteiger partial charge in [0.2, 0.25) is 0 Å². The third-order valence-corrected chi connectivity index (χ3v) is 7.14. The molecular formula is C21H29N3O2S. The Balaban J connectivity index is 1.46. The first-order valence-electron chi connectivity index (χ1n) is 10.1. The van der Waals surface area contributed by atoms with Crippen molar-refractivity contribution >= 4 is 17.2 Å². The smallest absolute Gasteiger partial charge is 0.254 e. The molecule has 4 rings (SSSR count). The zero-order valence-electron chi connectivity index (χ0n) is 16.6. The molecule has 0 saturated carbocycles. The van der Waals surface area contributed by atoms with Gasteiger partial charge in [-0.1, -0.05) is 12.1 Å². The molecule has 4 heterocycles. The number of likely N-dealkylation sites (tertiary alicyclic amines) is 1. The van der Waals surface area contributed by atoms with E-state index in [1.807, 2.05) is 13.8 Å². The molecule has 146 valence electrons. The Kier molecular flexibility index (Phi) is 5.37. The minimum atomic E-state index is 0.251. The van der Waals surface area contributed by atoms with Gasteiger partial charge in [0.15, 0.2) is 0 Å². The van der Waals surface area contributed by atoms with Crippen LogP contribution in [0.3, 0.4) is 0 Å². The first kappa shape index (κ1) is 18.7. The summed E-state index contributed by atoms with van der Waals surface area (Å²) in [6.07, 6.45) is 4.45. The molecule has 1 atom stereocenters. The van der Waals surface area contributed by atoms with E-state index in [1.165, 1.54) is 22.4 Å². The predicted molar refractivity (Wildman–Crippen MR) is 107 cm³/mol. The molecule has 2 aromatic rings. The second kappa shape index (κ2) is 7.76. The molecule has 2 aromatic heterocycles. The van der Waals surface area contributed by atoms with Crippen LogP contribution in [0.1, 0.15) is 64.0 Å². The molecular weight excluding hydrogens is 358 g/mol. The largest absolute Gasteiger partial charge is 0.361 e. The zero-order valence-corrected chi connectivity index (χ0v) is 17.4. The lowest BCUT2D eigenvalue weighted by Gasteiger charge is -2.28. The Morgan fingerprint density at radius 1 is 1.30 bits per heavy atom. The summed E-state index contributed by atoms with van der Waals surface area (Å²) < 4.78 is 5.30. The Labute approximate surface area is 165 Å². The quantitative estimate of drug-likeness (QED) is 0.793. The number of nitrogens with zero attached hydrogens (tertiary/aromatic N) is 3. The van der Waals surface area contributed by atoms with E-state index >= 15 is 0 Å². The van der Waals surface area contributed by atoms with Crippen molar-refractivity contribution in [2.45, 2.75) is 59.5 Å². The lowest BCUT2D eigenvalue weighted by atomic mass is 10.0. The molecule has 0 aromatic carbocycles. The molecule has 2 aliphatic rings. The normalized spacial score (nSPS) is 21.1. The molecule has 0 spiro atoms. The Morgan fingerprint density at radius 3 is 2.93 bits per heavy atom. The Hall–Kier alpha value is -1.66. The lowest BCUT2D eigenvalue weighted by molar-refractivity contribution is 0.0759. The van der Waals surface area contributed by atoms with Gasteiger partial charge in [0.1, 0.15) is 5.76 Å². The van der Waals surface area contributed by atoms with E-state index in [1.54, 1.807) is 11.3 Å². The summed E-state index contributed by atoms with van der Waals surface area (Å²) in [6, 6.07) is 0. The van der Waals surface area contributed by atoms with Crippen molar-refractivity contribution in [1.29, 1.82) is 0 Å². The Morgan fingerprint density at radius 2 is 2.15 bits per heavy atom. The van der Waals surface area contributed by atoms with E-state index in [4.69, 9.17) is 4.52 Å². The number of carbonyl (C=O) groups is 1. The average molecular weight is 388 g/mol. The summed E-state index contributed by atoms with van der Waals surface area (Å²) in [5.41, 5.74) is 4.43. The maximum Gasteiger partial charge on any atom is 0.254 e. The summed E-state index contributed by atoms with van der Waals surface area (Å²) in [5, 5.41) is 6.17. The van der Waals surface area contributed by atoms with Crippen molar-refractivity contribution < 1.29 is 9.32 Å². The summed E-state index contributed by atoms with van der Waals surface area (Å²) in [7, 11) is 0. The first-order valence-corrected chi connectivity index (χ1v) is 10.9. The SMILES string of the molecule is Cc1noc(C)c1CN1CCc2c(C(=O)N3CCCC(C)CC3)csc2C1. The number of hydrogen-bond acceptors (Lipinski definition) is 5. The van der Waals surface area contributed by atoms with Crippen molar-refractivity contribution in [1.82, 2.24) is 15.0 Å². The molecule has 0 bridgehead atoms. The van der Waals surface area contributed by atoms with Crippen LogP contribution in [0.5, 0.6) is 0 Å². The van der Waals surface area contributed by atoms with Crippen LogP contribution in [-0.2, 0) is 19.5 Å². The van der Waals surface area contributed by atoms with E-state index in [0.29, 0.717) is 0 Å². The van der Waals surface area contributed by atoms with Crippen LogP contribution in [0.15, 0.2) is 9.90 Å². The van der Waals surface area contributed by atoms with E-state index in [2.05, 4.69) is 27.3 Å². The summed E-state index contributed by atoms with van der Waals surface area (Å²) in [4.78, 5) is 19.0. The van der Waals surface area contributed by atoms with Crippen molar-refractivity contribution in [3.8, 4) is 0 Å². The van der Waals surface area contributed by atoms with Gasteiger partial charge < -0.3 is 9.42 Å². The number of thiophene rings is 1. The van der Waals surface area contributed by atoms with Crippen molar-refractivity contribution in [2.24, 2.45) is 5.92 Å². The standard InChI is InChI=1S/C21H29N3O2S/c1-14-5-4-8-24(10-6-14)21(25)19-13-27-20-12-23(9-7-17(19)20)11-18-15(2)22-26-16(18)3/h13-14H,4-12H2,1-3H3. The fraction of sp³-hybridized carbons (Fsp3) is 0.619. The predicted octanol–water partition coefficient (Wildman–Crippen LogP) is 4.17. The minimum Gasteiger partial charge on any atom is -0.361 e. The monoisotopic (exact) mass is 387 g/mol. The highest BCUT2D eigenvalue weighted by Gasteiger charge is 2.28. The van der Waals surface area contributed by atoms with Crippen LogP contribution < -0.4 is 0 Å². The second-order valence-corrected chi connectivity index (χ2v) is 9.11. The van der Waals surface area contributed by atoms with Gasteiger partial charge in [0, 0.05) is 48.5 Å². The van der Waals surface area contributed by atoms with Gasteiger partial charge in [0.05, 0.1) is 11.3 Å². The molecule has 1 fully saturated rings. The molecule has 5 nitrogen and oxygen atoms in total. The number of fused-ring (bicyclic) bond motifs is 1. The zero-order chi connectivity index (χ0) is 19.0. The van der Waals surface area contributed by atoms with Crippen LogP contribution in [0.2, 0.25) is 0 Å². The highest BCUT2D eigenvalue weighted by Crippen LogP contribution is 2.31. The fourth-order valence-electron chi connectivity index (χ4n) is 4.28. The van der Waals surface area contributed by atoms with E-state index in [-0.39, 0.29) is 5.91 Å². The number of aryl methyl sites for hydroxylation is 2. The average Bonchev–Trinajstić information content (AvgIpc) is 3.13. The van der Waals surface area contributed by atoms with Crippen molar-refractivity contribution in [3.05, 3.63) is 38.4 Å². The lowest BCUT2D eigenvalue weighted by Crippen LogP contribution is -2.34. The summed E-state index contributed by atoms with van der Waals surface area (Å²) in [6.45, 7) is 10.9. The van der Waals surface area contributed by atoms with Crippen molar-refractivity contribution in [3.63, 3.8) is 0 Å². The summed E-state index contributed by atoms with van der Waals surface area (Å²) in [5.74, 6) is 1.90. The minimum absolute atomic E-state index is 0.251. The maximum atomic E-state index is 13.1. The molecule has 0 aliphatic carbocycles. The van der Waals surface area contributed by atoms with E-state index in [9.17, 15) is 4.79 Å². The second-order valence-electron chi connectivity index (χ2n) is 8.14. The molecule has 1 unspecified atom stereocenters. The number of hydrogen-bond donors (Lipinski definition) is 0. The van der Waals surface area contributed by atoms with Crippen LogP contribution in [0.25, 0.3) is 0 Å². The highest BCUT2D eigenvalue weighted by atomic mass is 32.1. The highest BCUT2D eigenvalue weighted by molar-refractivity contribution is 7.10. The van der Waals surface area contributed by atoms with Crippen molar-refractivity contribution in [2.75, 3.05) is 19.6 Å². The number of rotatable bonds is 3. The van der Waals surface area contributed by atoms with E-state index < -0.39 is 0 Å². The number of aromatic nitrogens is 1. The van der Waals surface area contributed by atoms with Crippen LogP contribution in [0.4, 0.5) is 0 Å². The molecule has 2 aliphatic heterocycles. The first-order chi connectivity index (χ1) is 13.0. The van der Waals surface area contributed by atoms with Gasteiger partial charge in [-0.05, 0) is 51.0 Å². The molecule has 1 amide bonds. The third-order valence-electron chi connectivity index (χ3n) is 6.12. The molecule has 0 N–H and O–H groups in total. The van der Waals surface area contributed by atoms with Gasteiger partial charge in [0.25, 0.3) is 5.91 Å². The van der Waals surface area contributed by atoms with Crippen LogP contribution >= 0.6 is 11.3 Å².